The van der Waals surface area contributed by atoms with Gasteiger partial charge in [-0.3, -0.25) is 52.9 Å². The van der Waals surface area contributed by atoms with Crippen LogP contribution in [0.1, 0.15) is 84.1 Å². The number of nitrogens with zero attached hydrogens (tertiary/aromatic N) is 2. The van der Waals surface area contributed by atoms with Gasteiger partial charge in [-0.2, -0.15) is 37.0 Å². The number of carbonyl (C=O) groups is 11. The smallest absolute Gasteiger partial charge is 0.326 e. The first-order chi connectivity index (χ1) is 41.3. The number of para-hydroxylation sites is 1. The predicted molar refractivity (Wildman–Crippen MR) is 333 cm³/mol. The number of thiol groups is 2. The van der Waals surface area contributed by atoms with E-state index in [2.05, 4.69) is 83.1 Å². The number of benzene rings is 1. The molecule has 0 bridgehead atoms. The fourth-order valence-corrected chi connectivity index (χ4v) is 10.2. The Labute approximate surface area is 520 Å². The number of hydrogen-bond acceptors (Lipinski definition) is 19. The maximum atomic E-state index is 14.3. The van der Waals surface area contributed by atoms with Crippen LogP contribution in [0.2, 0.25) is 0 Å². The van der Waals surface area contributed by atoms with Crippen LogP contribution >= 0.6 is 37.0 Å². The van der Waals surface area contributed by atoms with Gasteiger partial charge >= 0.3 is 5.97 Å². The molecular weight excluding hydrogens is 1190 g/mol. The Hall–Kier alpha value is -6.91. The number of aromatic amines is 1. The summed E-state index contributed by atoms with van der Waals surface area (Å²) in [4.78, 5) is 157. The summed E-state index contributed by atoms with van der Waals surface area (Å²) < 4.78 is 0. The zero-order chi connectivity index (χ0) is 64.9. The van der Waals surface area contributed by atoms with Gasteiger partial charge in [-0.15, -0.1) is 0 Å². The highest BCUT2D eigenvalue weighted by Gasteiger charge is 2.40. The monoisotopic (exact) mass is 1280 g/mol. The number of thioether (sulfide) groups is 1. The van der Waals surface area contributed by atoms with E-state index in [0.717, 1.165) is 17.8 Å². The Kier molecular flexibility index (Phi) is 32.8. The number of guanidine groups is 1. The molecule has 1 aliphatic heterocycles. The molecule has 0 aliphatic carbocycles. The lowest BCUT2D eigenvalue weighted by molar-refractivity contribution is -0.142. The number of rotatable bonds is 39. The number of carbonyl (C=O) groups excluding carboxylic acids is 10. The van der Waals surface area contributed by atoms with Gasteiger partial charge in [-0.05, 0) is 101 Å². The number of carboxylic acids is 1. The molecule has 1 aromatic heterocycles. The van der Waals surface area contributed by atoms with Crippen molar-refractivity contribution in [3.63, 3.8) is 0 Å². The summed E-state index contributed by atoms with van der Waals surface area (Å²) in [5, 5.41) is 53.7. The molecule has 0 unspecified atom stereocenters. The van der Waals surface area contributed by atoms with Crippen molar-refractivity contribution >= 4 is 119 Å². The van der Waals surface area contributed by atoms with E-state index in [1.54, 1.807) is 26.3 Å². The number of likely N-dealkylation sites (tertiary alicyclic amines) is 1. The Morgan fingerprint density at radius 3 is 1.98 bits per heavy atom. The van der Waals surface area contributed by atoms with E-state index >= 15 is 0 Å². The third kappa shape index (κ3) is 24.6. The lowest BCUT2D eigenvalue weighted by Gasteiger charge is -2.30. The van der Waals surface area contributed by atoms with Gasteiger partial charge < -0.3 is 96.0 Å². The number of hydrogen-bond donors (Lipinski definition) is 19. The molecule has 2 heterocycles. The normalized spacial score (nSPS) is 16.4. The number of fused-ring (bicyclic) bond motifs is 1. The molecule has 2 aromatic rings. The van der Waals surface area contributed by atoms with Crippen molar-refractivity contribution in [2.45, 2.75) is 152 Å². The number of aliphatic hydroxyl groups excluding tert-OH is 2. The van der Waals surface area contributed by atoms with Crippen LogP contribution in [0.15, 0.2) is 35.5 Å². The molecule has 0 spiro atoms. The molecule has 33 heteroatoms. The van der Waals surface area contributed by atoms with Crippen molar-refractivity contribution in [2.75, 3.05) is 56.3 Å². The van der Waals surface area contributed by atoms with Crippen molar-refractivity contribution in [1.82, 2.24) is 57.7 Å². The van der Waals surface area contributed by atoms with Crippen molar-refractivity contribution < 1.29 is 68.1 Å². The quantitative estimate of drug-likeness (QED) is 0.0129. The highest BCUT2D eigenvalue weighted by molar-refractivity contribution is 7.98. The van der Waals surface area contributed by atoms with E-state index in [9.17, 15) is 68.1 Å². The van der Waals surface area contributed by atoms with Gasteiger partial charge in [0, 0.05) is 48.1 Å². The Bertz CT molecular complexity index is 2680. The van der Waals surface area contributed by atoms with E-state index in [4.69, 9.17) is 22.9 Å². The van der Waals surface area contributed by atoms with Gasteiger partial charge in [0.25, 0.3) is 0 Å². The predicted octanol–water partition coefficient (Wildman–Crippen LogP) is -4.68. The molecule has 11 atom stereocenters. The molecular formula is C54H88N16O14S3. The van der Waals surface area contributed by atoms with Crippen LogP contribution in [-0.2, 0) is 59.2 Å². The van der Waals surface area contributed by atoms with E-state index in [0.29, 0.717) is 37.0 Å². The topological polar surface area (TPSA) is 492 Å². The molecule has 0 saturated carbocycles. The van der Waals surface area contributed by atoms with Gasteiger partial charge in [0.2, 0.25) is 59.1 Å². The minimum atomic E-state index is -1.78. The lowest BCUT2D eigenvalue weighted by Crippen LogP contribution is -2.62. The zero-order valence-electron chi connectivity index (χ0n) is 49.4. The molecule has 0 radical (unpaired) electrons. The summed E-state index contributed by atoms with van der Waals surface area (Å²) in [5.41, 5.74) is 24.2. The van der Waals surface area contributed by atoms with Crippen LogP contribution in [0.4, 0.5) is 0 Å². The first-order valence-corrected chi connectivity index (χ1v) is 31.2. The van der Waals surface area contributed by atoms with Gasteiger partial charge in [-0.25, -0.2) is 4.79 Å². The van der Waals surface area contributed by atoms with Gasteiger partial charge in [0.15, 0.2) is 5.96 Å². The van der Waals surface area contributed by atoms with Gasteiger partial charge in [-0.1, -0.05) is 32.0 Å². The molecule has 21 N–H and O–H groups in total. The molecule has 1 aliphatic rings. The number of aliphatic carboxylic acids is 1. The number of unbranched alkanes of at least 4 members (excludes halogenated alkanes) is 1. The maximum absolute atomic E-state index is 14.3. The molecule has 87 heavy (non-hydrogen) atoms. The summed E-state index contributed by atoms with van der Waals surface area (Å²) in [5.74, 6) is -10.2. The number of amides is 10. The van der Waals surface area contributed by atoms with Crippen LogP contribution in [0.5, 0.6) is 0 Å². The van der Waals surface area contributed by atoms with Crippen molar-refractivity contribution in [2.24, 2.45) is 33.8 Å². The number of aliphatic imine (C=N–C) groups is 1. The molecule has 10 amide bonds. The second kappa shape index (κ2) is 38.4. The maximum Gasteiger partial charge on any atom is 0.326 e. The molecule has 1 saturated heterocycles. The van der Waals surface area contributed by atoms with Crippen molar-refractivity contribution in [1.29, 1.82) is 0 Å². The first kappa shape index (κ1) is 74.3. The Balaban J connectivity index is 1.73. The molecule has 1 aromatic carbocycles. The lowest BCUT2D eigenvalue weighted by atomic mass is 10.0. The Morgan fingerprint density at radius 1 is 0.736 bits per heavy atom. The van der Waals surface area contributed by atoms with E-state index < -0.39 is 145 Å². The number of aliphatic hydroxyl groups is 2. The minimum Gasteiger partial charge on any atom is -0.480 e. The number of aromatic nitrogens is 1. The summed E-state index contributed by atoms with van der Waals surface area (Å²) in [6, 6.07) is -6.19. The summed E-state index contributed by atoms with van der Waals surface area (Å²) in [7, 11) is 0. The van der Waals surface area contributed by atoms with Crippen LogP contribution in [0.3, 0.4) is 0 Å². The highest BCUT2D eigenvalue weighted by atomic mass is 32.2. The fourth-order valence-electron chi connectivity index (χ4n) is 9.23. The number of nitrogens with one attached hydrogen (secondary N) is 10. The third-order valence-corrected chi connectivity index (χ3v) is 15.3. The fraction of sp³-hybridized carbons (Fsp3) is 0.630. The average molecular weight is 1280 g/mol. The third-order valence-electron chi connectivity index (χ3n) is 14.0. The Morgan fingerprint density at radius 2 is 1.36 bits per heavy atom. The van der Waals surface area contributed by atoms with E-state index in [1.165, 1.54) is 16.7 Å². The van der Waals surface area contributed by atoms with E-state index in [1.807, 2.05) is 24.3 Å². The number of carboxylic acid groups (broad SMARTS) is 1. The average Bonchev–Trinajstić information content (AvgIpc) is 4.39. The second-order valence-electron chi connectivity index (χ2n) is 21.3. The molecule has 1 fully saturated rings. The van der Waals surface area contributed by atoms with Crippen molar-refractivity contribution in [3.05, 3.63) is 36.0 Å². The van der Waals surface area contributed by atoms with Crippen LogP contribution in [0.25, 0.3) is 10.9 Å². The minimum absolute atomic E-state index is 0.00423. The summed E-state index contributed by atoms with van der Waals surface area (Å²) in [6.07, 6.45) is 3.68. The summed E-state index contributed by atoms with van der Waals surface area (Å²) in [6.45, 7) is 3.40. The molecule has 30 nitrogen and oxygen atoms in total. The standard InChI is InChI=1S/C54H88N16O14S3/c1-28(2)21-36(45(75)61-24-42(73)62-39(26-85)49(79)64-35(53(83)84)16-20-87-4)66-51(81)43(29(3)72)69-48(78)38(25-71)67-46(76)34(14-7-8-17-55)63-50(80)41-15-10-19-70(41)52(82)40(27-86)68-47(77)37(22-30-23-60-33-13-6-5-11-31(30)33)65-44(74)32(56)12-9-18-59-54(57)58/h5-6,11,13,23,28-29,32,34-41,43,60,71-72,85-86H,7-10,12,14-22,24-27,55-56H2,1-4H3,(H,61,75)(H,62,73)(H,63,80)(H,64,79)(H,65,74)(H,66,81)(H,67,76)(H,68,77)(H,69,78)(H,83,84)(H4,57,58,59)/t29-,32+,34+,35+,36+,37+,38+,39+,40+,41+,43+/m1/s1. The number of nitrogens with two attached hydrogens (primary N) is 4. The SMILES string of the molecule is CSCC[C@H](NC(=O)[C@H](CS)NC(=O)CNC(=O)[C@H](CC(C)C)NC(=O)[C@@H](NC(=O)[C@H](CO)NC(=O)[C@H](CCCCN)NC(=O)[C@@H]1CCCN1C(=O)[C@H](CS)NC(=O)[C@H](Cc1c[nH]c2ccccc12)NC(=O)[C@@H](N)CCCN=C(N)N)[C@@H](C)O)C(=O)O. The van der Waals surface area contributed by atoms with E-state index in [-0.39, 0.29) is 81.5 Å². The van der Waals surface area contributed by atoms with Crippen molar-refractivity contribution in [3.8, 4) is 0 Å². The number of H-pyrrole nitrogens is 1. The molecule has 486 valence electrons. The molecule has 3 rings (SSSR count). The zero-order valence-corrected chi connectivity index (χ0v) is 52.0. The highest BCUT2D eigenvalue weighted by Crippen LogP contribution is 2.22. The largest absolute Gasteiger partial charge is 0.480 e. The first-order valence-electron chi connectivity index (χ1n) is 28.6. The second-order valence-corrected chi connectivity index (χ2v) is 23.0. The van der Waals surface area contributed by atoms with Crippen LogP contribution < -0.4 is 70.8 Å². The van der Waals surface area contributed by atoms with Gasteiger partial charge in [0.05, 0.1) is 25.3 Å². The van der Waals surface area contributed by atoms with Crippen LogP contribution in [0, 0.1) is 5.92 Å². The summed E-state index contributed by atoms with van der Waals surface area (Å²) >= 11 is 9.85. The van der Waals surface area contributed by atoms with Crippen LogP contribution in [-0.4, -0.2) is 219 Å². The van der Waals surface area contributed by atoms with Gasteiger partial charge in [0.1, 0.15) is 54.4 Å².